The number of hydrogen-bond donors (Lipinski definition) is 0. The Balaban J connectivity index is 1.83. The molecule has 0 unspecified atom stereocenters. The topological polar surface area (TPSA) is 55.3 Å². The fourth-order valence-corrected chi connectivity index (χ4v) is 2.39. The van der Waals surface area contributed by atoms with E-state index in [9.17, 15) is 4.79 Å². The largest absolute Gasteiger partial charge is 0.374 e. The first-order valence-corrected chi connectivity index (χ1v) is 5.52. The Labute approximate surface area is 97.4 Å². The molecule has 2 saturated heterocycles. The van der Waals surface area contributed by atoms with Crippen molar-refractivity contribution in [3.8, 4) is 0 Å². The number of aromatic nitrogens is 2. The lowest BCUT2D eigenvalue weighted by molar-refractivity contribution is 0.0255. The normalized spacial score (nSPS) is 27.4. The first kappa shape index (κ1) is 9.99. The van der Waals surface area contributed by atoms with Crippen molar-refractivity contribution in [1.82, 2.24) is 14.9 Å². The lowest BCUT2D eigenvalue weighted by atomic mass is 10.2. The number of carbonyl (C=O) groups is 1. The lowest BCUT2D eigenvalue weighted by Gasteiger charge is -2.26. The maximum atomic E-state index is 12.1. The van der Waals surface area contributed by atoms with E-state index >= 15 is 0 Å². The summed E-state index contributed by atoms with van der Waals surface area (Å²) in [5.41, 5.74) is 0.306. The number of halogens is 1. The summed E-state index contributed by atoms with van der Waals surface area (Å²) < 4.78 is 5.44. The fourth-order valence-electron chi connectivity index (χ4n) is 2.24. The van der Waals surface area contributed by atoms with Crippen molar-refractivity contribution < 1.29 is 9.53 Å². The third-order valence-electron chi connectivity index (χ3n) is 2.99. The number of fused-ring (bicyclic) bond motifs is 2. The number of amides is 1. The highest BCUT2D eigenvalue weighted by Gasteiger charge is 2.42. The van der Waals surface area contributed by atoms with Crippen LogP contribution in [0.3, 0.4) is 0 Å². The Morgan fingerprint density at radius 3 is 3.06 bits per heavy atom. The quantitative estimate of drug-likeness (QED) is 0.726. The van der Waals surface area contributed by atoms with Crippen LogP contribution in [0.25, 0.3) is 0 Å². The minimum Gasteiger partial charge on any atom is -0.374 e. The molecule has 84 valence electrons. The van der Waals surface area contributed by atoms with Crippen LogP contribution in [0.2, 0.25) is 5.15 Å². The third kappa shape index (κ3) is 1.56. The standard InChI is InChI=1S/C10H10ClN3O2/c11-9-3-12-2-8(13-9)10(15)14-4-7-1-6(14)5-16-7/h2-3,6-7H,1,4-5H2/t6-,7-/m1/s1. The monoisotopic (exact) mass is 239 g/mol. The summed E-state index contributed by atoms with van der Waals surface area (Å²) in [5.74, 6) is -0.106. The van der Waals surface area contributed by atoms with Gasteiger partial charge in [-0.3, -0.25) is 9.78 Å². The van der Waals surface area contributed by atoms with Crippen molar-refractivity contribution >= 4 is 17.5 Å². The van der Waals surface area contributed by atoms with E-state index in [2.05, 4.69) is 9.97 Å². The number of ether oxygens (including phenoxy) is 1. The Kier molecular flexibility index (Phi) is 2.29. The smallest absolute Gasteiger partial charge is 0.274 e. The molecule has 16 heavy (non-hydrogen) atoms. The third-order valence-corrected chi connectivity index (χ3v) is 3.17. The van der Waals surface area contributed by atoms with Crippen molar-refractivity contribution in [2.24, 2.45) is 0 Å². The summed E-state index contributed by atoms with van der Waals surface area (Å²) >= 11 is 5.71. The molecule has 1 amide bonds. The summed E-state index contributed by atoms with van der Waals surface area (Å²) in [4.78, 5) is 21.7. The molecule has 6 heteroatoms. The number of rotatable bonds is 1. The van der Waals surface area contributed by atoms with Gasteiger partial charge in [-0.1, -0.05) is 11.6 Å². The van der Waals surface area contributed by atoms with Crippen LogP contribution in [0.4, 0.5) is 0 Å². The SMILES string of the molecule is O=C(c1cncc(Cl)n1)N1C[C@H]2C[C@@H]1CO2. The molecule has 0 radical (unpaired) electrons. The number of carbonyl (C=O) groups excluding carboxylic acids is 1. The van der Waals surface area contributed by atoms with Crippen LogP contribution in [-0.4, -0.2) is 46.1 Å². The molecule has 2 aliphatic heterocycles. The van der Waals surface area contributed by atoms with Crippen LogP contribution < -0.4 is 0 Å². The minimum atomic E-state index is -0.106. The first-order valence-electron chi connectivity index (χ1n) is 5.14. The van der Waals surface area contributed by atoms with Crippen LogP contribution in [0.5, 0.6) is 0 Å². The molecule has 0 saturated carbocycles. The van der Waals surface area contributed by atoms with Crippen molar-refractivity contribution in [1.29, 1.82) is 0 Å². The minimum absolute atomic E-state index is 0.106. The molecule has 5 nitrogen and oxygen atoms in total. The van der Waals surface area contributed by atoms with Crippen LogP contribution in [0.1, 0.15) is 16.9 Å². The molecule has 0 aliphatic carbocycles. The van der Waals surface area contributed by atoms with Gasteiger partial charge in [-0.25, -0.2) is 4.98 Å². The number of likely N-dealkylation sites (tertiary alicyclic amines) is 1. The van der Waals surface area contributed by atoms with Crippen molar-refractivity contribution in [2.45, 2.75) is 18.6 Å². The zero-order chi connectivity index (χ0) is 11.1. The van der Waals surface area contributed by atoms with E-state index in [1.165, 1.54) is 12.4 Å². The summed E-state index contributed by atoms with van der Waals surface area (Å²) in [5, 5.41) is 0.242. The second kappa shape index (κ2) is 3.68. The molecule has 2 bridgehead atoms. The van der Waals surface area contributed by atoms with Gasteiger partial charge >= 0.3 is 0 Å². The molecule has 0 N–H and O–H groups in total. The molecule has 3 heterocycles. The van der Waals surface area contributed by atoms with E-state index < -0.39 is 0 Å². The van der Waals surface area contributed by atoms with Gasteiger partial charge in [-0.15, -0.1) is 0 Å². The van der Waals surface area contributed by atoms with E-state index in [0.717, 1.165) is 6.42 Å². The van der Waals surface area contributed by atoms with E-state index in [1.54, 1.807) is 4.90 Å². The highest BCUT2D eigenvalue weighted by Crippen LogP contribution is 2.28. The lowest BCUT2D eigenvalue weighted by Crippen LogP contribution is -2.41. The molecule has 0 aromatic carbocycles. The summed E-state index contributed by atoms with van der Waals surface area (Å²) in [6, 6.07) is 0.193. The van der Waals surface area contributed by atoms with Crippen molar-refractivity contribution in [3.63, 3.8) is 0 Å². The molecule has 2 fully saturated rings. The molecule has 0 spiro atoms. The predicted octanol–water partition coefficient (Wildman–Crippen LogP) is 0.743. The van der Waals surface area contributed by atoms with Gasteiger partial charge < -0.3 is 9.64 Å². The van der Waals surface area contributed by atoms with E-state index in [1.807, 2.05) is 0 Å². The van der Waals surface area contributed by atoms with Gasteiger partial charge in [0.25, 0.3) is 5.91 Å². The van der Waals surface area contributed by atoms with Crippen LogP contribution >= 0.6 is 11.6 Å². The average Bonchev–Trinajstić information content (AvgIpc) is 2.89. The molecule has 1 aromatic rings. The first-order chi connectivity index (χ1) is 7.74. The molecule has 2 aliphatic rings. The zero-order valence-electron chi connectivity index (χ0n) is 8.47. The summed E-state index contributed by atoms with van der Waals surface area (Å²) in [6.07, 6.45) is 3.99. The fraction of sp³-hybridized carbons (Fsp3) is 0.500. The summed E-state index contributed by atoms with van der Waals surface area (Å²) in [6.45, 7) is 1.28. The van der Waals surface area contributed by atoms with E-state index in [0.29, 0.717) is 18.8 Å². The maximum Gasteiger partial charge on any atom is 0.274 e. The number of hydrogen-bond acceptors (Lipinski definition) is 4. The van der Waals surface area contributed by atoms with Gasteiger partial charge in [-0.2, -0.15) is 0 Å². The van der Waals surface area contributed by atoms with Crippen LogP contribution in [-0.2, 0) is 4.74 Å². The van der Waals surface area contributed by atoms with Gasteiger partial charge in [0, 0.05) is 6.54 Å². The van der Waals surface area contributed by atoms with Gasteiger partial charge in [-0.05, 0) is 6.42 Å². The van der Waals surface area contributed by atoms with Crippen LogP contribution in [0.15, 0.2) is 12.4 Å². The van der Waals surface area contributed by atoms with Crippen molar-refractivity contribution in [2.75, 3.05) is 13.2 Å². The Bertz CT molecular complexity index is 440. The van der Waals surface area contributed by atoms with Gasteiger partial charge in [0.15, 0.2) is 0 Å². The average molecular weight is 240 g/mol. The van der Waals surface area contributed by atoms with E-state index in [4.69, 9.17) is 16.3 Å². The maximum absolute atomic E-state index is 12.1. The van der Waals surface area contributed by atoms with E-state index in [-0.39, 0.29) is 23.2 Å². The molecular weight excluding hydrogens is 230 g/mol. The second-order valence-electron chi connectivity index (χ2n) is 4.03. The number of morpholine rings is 1. The van der Waals surface area contributed by atoms with Gasteiger partial charge in [0.2, 0.25) is 0 Å². The highest BCUT2D eigenvalue weighted by atomic mass is 35.5. The van der Waals surface area contributed by atoms with Gasteiger partial charge in [0.1, 0.15) is 10.8 Å². The van der Waals surface area contributed by atoms with Crippen molar-refractivity contribution in [3.05, 3.63) is 23.2 Å². The molecule has 3 rings (SSSR count). The zero-order valence-corrected chi connectivity index (χ0v) is 9.22. The summed E-state index contributed by atoms with van der Waals surface area (Å²) in [7, 11) is 0. The van der Waals surface area contributed by atoms with Crippen LogP contribution in [0, 0.1) is 0 Å². The second-order valence-corrected chi connectivity index (χ2v) is 4.42. The Morgan fingerprint density at radius 2 is 2.44 bits per heavy atom. The Morgan fingerprint density at radius 1 is 1.56 bits per heavy atom. The molecule has 2 atom stereocenters. The highest BCUT2D eigenvalue weighted by molar-refractivity contribution is 6.29. The predicted molar refractivity (Wildman–Crippen MR) is 56.2 cm³/mol. The molecule has 1 aromatic heterocycles. The number of nitrogens with zero attached hydrogens (tertiary/aromatic N) is 3. The Hall–Kier alpha value is -1.20. The van der Waals surface area contributed by atoms with Gasteiger partial charge in [0.05, 0.1) is 31.1 Å². The molecular formula is C10H10ClN3O2.